The molecule has 5 heavy (non-hydrogen) atoms. The quantitative estimate of drug-likeness (QED) is 0.565. The van der Waals surface area contributed by atoms with Crippen molar-refractivity contribution in [2.45, 2.75) is 0 Å². The van der Waals surface area contributed by atoms with E-state index in [1.165, 1.54) is 0 Å². The third-order valence-corrected chi connectivity index (χ3v) is 0. The first-order valence-corrected chi connectivity index (χ1v) is 10.2. The molecule has 0 bridgehead atoms. The molecule has 0 saturated heterocycles. The standard InChI is InChI=1S/3ClH.2Ga/h3*1H;;/q;;;;+3/p-3. The largest absolute Gasteiger partial charge is 0 e. The third-order valence-electron chi connectivity index (χ3n) is 0. The van der Waals surface area contributed by atoms with Gasteiger partial charge in [0.25, 0.3) is 0 Å². The molecular formula is Cl3Ga2. The van der Waals surface area contributed by atoms with E-state index in [0.717, 1.165) is 0 Å². The van der Waals surface area contributed by atoms with Gasteiger partial charge in [-0.2, -0.15) is 0 Å². The van der Waals surface area contributed by atoms with Crippen molar-refractivity contribution in [1.29, 1.82) is 0 Å². The second kappa shape index (κ2) is 6.14. The molecule has 0 aromatic heterocycles. The molecule has 0 aromatic carbocycles. The third kappa shape index (κ3) is 23.0. The molecule has 0 atom stereocenters. The van der Waals surface area contributed by atoms with Crippen LogP contribution in [0.3, 0.4) is 0 Å². The molecule has 0 aliphatic heterocycles. The zero-order chi connectivity index (χ0) is 3.58. The van der Waals surface area contributed by atoms with Gasteiger partial charge in [0.2, 0.25) is 0 Å². The average Bonchev–Trinajstić information content (AvgIpc) is 0.811. The molecule has 0 aromatic rings. The summed E-state index contributed by atoms with van der Waals surface area (Å²) in [5, 5.41) is 0. The smallest absolute Gasteiger partial charge is 0 e. The van der Waals surface area contributed by atoms with Gasteiger partial charge in [-0.1, -0.05) is 0 Å². The summed E-state index contributed by atoms with van der Waals surface area (Å²) in [7, 11) is 15.0. The van der Waals surface area contributed by atoms with Crippen molar-refractivity contribution in [3.05, 3.63) is 0 Å². The molecule has 27 valence electrons. The Morgan fingerprint density at radius 1 is 1.00 bits per heavy atom. The molecule has 0 spiro atoms. The monoisotopic (exact) mass is 243 g/mol. The maximum absolute atomic E-state index is 4.99. The fourth-order valence-electron chi connectivity index (χ4n) is 0. The normalized spacial score (nSPS) is 5.40. The molecule has 0 rings (SSSR count). The van der Waals surface area contributed by atoms with E-state index in [4.69, 9.17) is 28.9 Å². The minimum atomic E-state index is -2.06. The first kappa shape index (κ1) is 10.2. The molecular weight excluding hydrogens is 246 g/mol. The van der Waals surface area contributed by atoms with Crippen LogP contribution in [0.1, 0.15) is 0 Å². The van der Waals surface area contributed by atoms with E-state index in [-0.39, 0.29) is 19.8 Å². The Kier molecular flexibility index (Phi) is 12.5. The van der Waals surface area contributed by atoms with E-state index in [1.807, 2.05) is 0 Å². The number of hydrogen-bond donors (Lipinski definition) is 0. The zero-order valence-corrected chi connectivity index (χ0v) is 9.40. The second-order valence-electron chi connectivity index (χ2n) is 0.247. The molecule has 0 amide bonds. The van der Waals surface area contributed by atoms with Gasteiger partial charge in [0.05, 0.1) is 0 Å². The Morgan fingerprint density at radius 3 is 1.00 bits per heavy atom. The molecule has 3 radical (unpaired) electrons. The van der Waals surface area contributed by atoms with Crippen LogP contribution in [-0.4, -0.2) is 33.0 Å². The van der Waals surface area contributed by atoms with Crippen LogP contribution in [-0.2, 0) is 0 Å². The van der Waals surface area contributed by atoms with Crippen molar-refractivity contribution in [2.75, 3.05) is 0 Å². The fourth-order valence-corrected chi connectivity index (χ4v) is 0. The van der Waals surface area contributed by atoms with E-state index < -0.39 is 13.2 Å². The Labute approximate surface area is 61.3 Å². The van der Waals surface area contributed by atoms with E-state index in [1.54, 1.807) is 0 Å². The minimum Gasteiger partial charge on any atom is 0 e. The van der Waals surface area contributed by atoms with Gasteiger partial charge in [-0.15, -0.1) is 0 Å². The maximum atomic E-state index is 4.99. The Morgan fingerprint density at radius 2 is 1.00 bits per heavy atom. The van der Waals surface area contributed by atoms with Crippen LogP contribution < -0.4 is 0 Å². The Bertz CT molecular complexity index is 9.61. The summed E-state index contributed by atoms with van der Waals surface area (Å²) in [5.74, 6) is 0. The summed E-state index contributed by atoms with van der Waals surface area (Å²) in [6.45, 7) is 0. The first-order valence-electron chi connectivity index (χ1n) is 0.655. The topological polar surface area (TPSA) is 0 Å². The Hall–Kier alpha value is 2.14. The molecule has 5 heteroatoms. The van der Waals surface area contributed by atoms with Crippen molar-refractivity contribution >= 4 is 61.9 Å². The summed E-state index contributed by atoms with van der Waals surface area (Å²) in [5.41, 5.74) is 0. The summed E-state index contributed by atoms with van der Waals surface area (Å²) >= 11 is -2.06. The van der Waals surface area contributed by atoms with Crippen molar-refractivity contribution in [3.63, 3.8) is 0 Å². The van der Waals surface area contributed by atoms with Crippen LogP contribution >= 0.6 is 28.9 Å². The van der Waals surface area contributed by atoms with Crippen LogP contribution in [0.4, 0.5) is 0 Å². The van der Waals surface area contributed by atoms with Gasteiger partial charge in [-0.3, -0.25) is 0 Å². The van der Waals surface area contributed by atoms with Crippen LogP contribution in [0.5, 0.6) is 0 Å². The number of halogens is 3. The number of rotatable bonds is 0. The van der Waals surface area contributed by atoms with Crippen molar-refractivity contribution in [3.8, 4) is 0 Å². The predicted molar refractivity (Wildman–Crippen MR) is 29.1 cm³/mol. The summed E-state index contributed by atoms with van der Waals surface area (Å²) in [4.78, 5) is 0. The van der Waals surface area contributed by atoms with E-state index in [0.29, 0.717) is 0 Å². The van der Waals surface area contributed by atoms with Crippen LogP contribution in [0.15, 0.2) is 0 Å². The van der Waals surface area contributed by atoms with E-state index >= 15 is 0 Å². The zero-order valence-electron chi connectivity index (χ0n) is 2.29. The summed E-state index contributed by atoms with van der Waals surface area (Å²) in [6.07, 6.45) is 0. The number of hydrogen-bond acceptors (Lipinski definition) is 0. The molecule has 0 fully saturated rings. The van der Waals surface area contributed by atoms with Crippen molar-refractivity contribution < 1.29 is 0 Å². The Balaban J connectivity index is 0. The van der Waals surface area contributed by atoms with Gasteiger partial charge < -0.3 is 0 Å². The van der Waals surface area contributed by atoms with Crippen LogP contribution in [0, 0.1) is 0 Å². The van der Waals surface area contributed by atoms with Gasteiger partial charge in [0.1, 0.15) is 0 Å². The molecule has 0 unspecified atom stereocenters. The first-order chi connectivity index (χ1) is 1.73. The van der Waals surface area contributed by atoms with E-state index in [9.17, 15) is 0 Å². The predicted octanol–water partition coefficient (Wildman–Crippen LogP) is 1.31. The van der Waals surface area contributed by atoms with Gasteiger partial charge in [0, 0.05) is 19.8 Å². The van der Waals surface area contributed by atoms with Gasteiger partial charge in [-0.25, -0.2) is 0 Å². The van der Waals surface area contributed by atoms with Crippen LogP contribution in [0.2, 0.25) is 0 Å². The SMILES string of the molecule is [Cl][Ga]([Cl])[Cl].[Ga]. The molecule has 0 saturated carbocycles. The van der Waals surface area contributed by atoms with Gasteiger partial charge in [0.15, 0.2) is 0 Å². The summed E-state index contributed by atoms with van der Waals surface area (Å²) < 4.78 is 0. The van der Waals surface area contributed by atoms with Crippen molar-refractivity contribution in [2.24, 2.45) is 0 Å². The molecule has 0 N–H and O–H groups in total. The molecule has 0 aliphatic rings. The maximum Gasteiger partial charge on any atom is 0 e. The molecule has 0 heterocycles. The average molecular weight is 246 g/mol. The second-order valence-corrected chi connectivity index (χ2v) is 11.6. The van der Waals surface area contributed by atoms with E-state index in [2.05, 4.69) is 0 Å². The van der Waals surface area contributed by atoms with Crippen LogP contribution in [0.25, 0.3) is 0 Å². The summed E-state index contributed by atoms with van der Waals surface area (Å²) in [6, 6.07) is 0. The van der Waals surface area contributed by atoms with Gasteiger partial charge >= 0.3 is 42.1 Å². The minimum absolute atomic E-state index is 0. The van der Waals surface area contributed by atoms with Crippen molar-refractivity contribution in [1.82, 2.24) is 0 Å². The fraction of sp³-hybridized carbons (Fsp3) is 0. The molecule has 0 aliphatic carbocycles. The molecule has 0 nitrogen and oxygen atoms in total. The van der Waals surface area contributed by atoms with Gasteiger partial charge in [-0.05, 0) is 0 Å².